The molecule has 0 saturated heterocycles. The molecular formula is C12H6F2N2O3S. The van der Waals surface area contributed by atoms with Crippen molar-refractivity contribution in [2.75, 3.05) is 0 Å². The smallest absolute Gasteiger partial charge is 0.358 e. The molecule has 0 unspecified atom stereocenters. The Hall–Kier alpha value is -2.48. The van der Waals surface area contributed by atoms with Gasteiger partial charge in [0.1, 0.15) is 0 Å². The van der Waals surface area contributed by atoms with Crippen LogP contribution in [0.2, 0.25) is 0 Å². The van der Waals surface area contributed by atoms with Crippen molar-refractivity contribution >= 4 is 22.3 Å². The molecule has 0 radical (unpaired) electrons. The number of benzene rings is 1. The molecule has 1 N–H and O–H groups in total. The minimum Gasteiger partial charge on any atom is -0.476 e. The number of imidazole rings is 1. The van der Waals surface area contributed by atoms with Gasteiger partial charge in [-0.3, -0.25) is 4.40 Å². The number of thiazole rings is 1. The average Bonchev–Trinajstić information content (AvgIpc) is 2.94. The summed E-state index contributed by atoms with van der Waals surface area (Å²) in [6, 6.07) is 3.39. The SMILES string of the molecule is O=C(O)c1c(Oc2cccc(F)c2F)nc2sccn12. The largest absolute Gasteiger partial charge is 0.476 e. The predicted molar refractivity (Wildman–Crippen MR) is 66.5 cm³/mol. The maximum absolute atomic E-state index is 13.5. The quantitative estimate of drug-likeness (QED) is 0.806. The summed E-state index contributed by atoms with van der Waals surface area (Å²) in [7, 11) is 0. The van der Waals surface area contributed by atoms with Crippen molar-refractivity contribution in [2.24, 2.45) is 0 Å². The molecular weight excluding hydrogens is 290 g/mol. The van der Waals surface area contributed by atoms with Gasteiger partial charge < -0.3 is 9.84 Å². The van der Waals surface area contributed by atoms with E-state index in [9.17, 15) is 13.6 Å². The summed E-state index contributed by atoms with van der Waals surface area (Å²) in [6.45, 7) is 0. The van der Waals surface area contributed by atoms with Gasteiger partial charge in [-0.2, -0.15) is 9.37 Å². The molecule has 0 aliphatic carbocycles. The van der Waals surface area contributed by atoms with Crippen LogP contribution in [0, 0.1) is 11.6 Å². The molecule has 0 amide bonds. The monoisotopic (exact) mass is 296 g/mol. The molecule has 0 spiro atoms. The third-order valence-corrected chi connectivity index (χ3v) is 3.31. The van der Waals surface area contributed by atoms with E-state index >= 15 is 0 Å². The molecule has 2 heterocycles. The first-order chi connectivity index (χ1) is 9.58. The molecule has 0 aliphatic heterocycles. The maximum atomic E-state index is 13.5. The number of nitrogens with zero attached hydrogens (tertiary/aromatic N) is 2. The molecule has 0 fully saturated rings. The van der Waals surface area contributed by atoms with E-state index in [1.807, 2.05) is 0 Å². The summed E-state index contributed by atoms with van der Waals surface area (Å²) in [5.74, 6) is -4.25. The molecule has 0 saturated carbocycles. The van der Waals surface area contributed by atoms with Crippen molar-refractivity contribution in [1.82, 2.24) is 9.38 Å². The topological polar surface area (TPSA) is 63.8 Å². The summed E-state index contributed by atoms with van der Waals surface area (Å²) in [6.07, 6.45) is 1.51. The molecule has 5 nitrogen and oxygen atoms in total. The molecule has 8 heteroatoms. The van der Waals surface area contributed by atoms with Crippen LogP contribution in [0.15, 0.2) is 29.8 Å². The summed E-state index contributed by atoms with van der Waals surface area (Å²) in [5.41, 5.74) is -0.245. The Morgan fingerprint density at radius 1 is 1.40 bits per heavy atom. The van der Waals surface area contributed by atoms with Gasteiger partial charge in [-0.25, -0.2) is 9.18 Å². The van der Waals surface area contributed by atoms with Crippen molar-refractivity contribution in [2.45, 2.75) is 0 Å². The molecule has 102 valence electrons. The predicted octanol–water partition coefficient (Wildman–Crippen LogP) is 3.16. The lowest BCUT2D eigenvalue weighted by Crippen LogP contribution is -2.03. The van der Waals surface area contributed by atoms with E-state index in [0.29, 0.717) is 4.96 Å². The summed E-state index contributed by atoms with van der Waals surface area (Å²) >= 11 is 1.20. The van der Waals surface area contributed by atoms with E-state index in [1.54, 1.807) is 5.38 Å². The van der Waals surface area contributed by atoms with Gasteiger partial charge in [0, 0.05) is 11.6 Å². The minimum absolute atomic E-state index is 0.245. The number of fused-ring (bicyclic) bond motifs is 1. The lowest BCUT2D eigenvalue weighted by Gasteiger charge is -2.05. The second-order valence-corrected chi connectivity index (χ2v) is 4.65. The normalized spacial score (nSPS) is 10.9. The van der Waals surface area contributed by atoms with E-state index in [-0.39, 0.29) is 11.6 Å². The zero-order chi connectivity index (χ0) is 14.3. The number of hydrogen-bond donors (Lipinski definition) is 1. The van der Waals surface area contributed by atoms with Gasteiger partial charge in [0.15, 0.2) is 22.2 Å². The molecule has 0 aliphatic rings. The van der Waals surface area contributed by atoms with Gasteiger partial charge in [-0.1, -0.05) is 6.07 Å². The Morgan fingerprint density at radius 2 is 2.20 bits per heavy atom. The van der Waals surface area contributed by atoms with E-state index in [1.165, 1.54) is 34.1 Å². The van der Waals surface area contributed by atoms with Gasteiger partial charge in [0.2, 0.25) is 5.82 Å². The van der Waals surface area contributed by atoms with Crippen molar-refractivity contribution in [3.05, 3.63) is 47.1 Å². The van der Waals surface area contributed by atoms with Crippen molar-refractivity contribution in [3.63, 3.8) is 0 Å². The molecule has 0 bridgehead atoms. The summed E-state index contributed by atoms with van der Waals surface area (Å²) in [5, 5.41) is 10.8. The Bertz CT molecular complexity index is 812. The van der Waals surface area contributed by atoms with Crippen LogP contribution >= 0.6 is 11.3 Å². The fraction of sp³-hybridized carbons (Fsp3) is 0. The number of carboxylic acids is 1. The number of aromatic nitrogens is 2. The standard InChI is InChI=1S/C12H6F2N2O3S/c13-6-2-1-3-7(8(6)14)19-10-9(11(17)18)16-4-5-20-12(16)15-10/h1-5H,(H,17,18). The van der Waals surface area contributed by atoms with E-state index in [2.05, 4.69) is 4.98 Å². The van der Waals surface area contributed by atoms with Crippen molar-refractivity contribution in [1.29, 1.82) is 0 Å². The van der Waals surface area contributed by atoms with Crippen molar-refractivity contribution < 1.29 is 23.4 Å². The number of hydrogen-bond acceptors (Lipinski definition) is 4. The number of aromatic carboxylic acids is 1. The molecule has 1 aromatic carbocycles. The molecule has 2 aromatic heterocycles. The van der Waals surface area contributed by atoms with Crippen LogP contribution in [-0.4, -0.2) is 20.5 Å². The number of carbonyl (C=O) groups is 1. The molecule has 3 rings (SSSR count). The Kier molecular flexibility index (Phi) is 2.87. The van der Waals surface area contributed by atoms with Crippen molar-refractivity contribution in [3.8, 4) is 11.6 Å². The van der Waals surface area contributed by atoms with Crippen LogP contribution in [0.25, 0.3) is 4.96 Å². The van der Waals surface area contributed by atoms with Crippen LogP contribution < -0.4 is 4.74 Å². The van der Waals surface area contributed by atoms with Crippen LogP contribution in [0.5, 0.6) is 11.6 Å². The number of halogens is 2. The first-order valence-electron chi connectivity index (χ1n) is 5.38. The lowest BCUT2D eigenvalue weighted by atomic mass is 10.3. The highest BCUT2D eigenvalue weighted by Crippen LogP contribution is 2.30. The first-order valence-corrected chi connectivity index (χ1v) is 6.26. The Balaban J connectivity index is 2.10. The highest BCUT2D eigenvalue weighted by Gasteiger charge is 2.22. The summed E-state index contributed by atoms with van der Waals surface area (Å²) in [4.78, 5) is 15.6. The van der Waals surface area contributed by atoms with Crippen LogP contribution in [0.3, 0.4) is 0 Å². The highest BCUT2D eigenvalue weighted by molar-refractivity contribution is 7.15. The molecule has 3 aromatic rings. The first kappa shape index (κ1) is 12.5. The van der Waals surface area contributed by atoms with Gasteiger partial charge >= 0.3 is 5.97 Å². The number of ether oxygens (including phenoxy) is 1. The van der Waals surface area contributed by atoms with Crippen LogP contribution in [-0.2, 0) is 0 Å². The number of carboxylic acid groups (broad SMARTS) is 1. The second kappa shape index (κ2) is 4.57. The van der Waals surface area contributed by atoms with E-state index in [0.717, 1.165) is 6.07 Å². The van der Waals surface area contributed by atoms with Gasteiger partial charge in [-0.15, -0.1) is 11.3 Å². The highest BCUT2D eigenvalue weighted by atomic mass is 32.1. The Labute approximate surface area is 114 Å². The third kappa shape index (κ3) is 1.90. The fourth-order valence-electron chi connectivity index (χ4n) is 1.70. The van der Waals surface area contributed by atoms with E-state index in [4.69, 9.17) is 9.84 Å². The molecule has 20 heavy (non-hydrogen) atoms. The molecule has 0 atom stereocenters. The fourth-order valence-corrected chi connectivity index (χ4v) is 2.40. The zero-order valence-electron chi connectivity index (χ0n) is 9.71. The van der Waals surface area contributed by atoms with E-state index < -0.39 is 23.4 Å². The van der Waals surface area contributed by atoms with Gasteiger partial charge in [0.05, 0.1) is 0 Å². The maximum Gasteiger partial charge on any atom is 0.358 e. The number of rotatable bonds is 3. The second-order valence-electron chi connectivity index (χ2n) is 3.78. The average molecular weight is 296 g/mol. The van der Waals surface area contributed by atoms with Crippen LogP contribution in [0.1, 0.15) is 10.5 Å². The van der Waals surface area contributed by atoms with Crippen LogP contribution in [0.4, 0.5) is 8.78 Å². The lowest BCUT2D eigenvalue weighted by molar-refractivity contribution is 0.0686. The minimum atomic E-state index is -1.28. The zero-order valence-corrected chi connectivity index (χ0v) is 10.5. The summed E-state index contributed by atoms with van der Waals surface area (Å²) < 4.78 is 33.0. The van der Waals surface area contributed by atoms with Gasteiger partial charge in [0.25, 0.3) is 5.88 Å². The Morgan fingerprint density at radius 3 is 2.95 bits per heavy atom. The third-order valence-electron chi connectivity index (χ3n) is 2.56. The van der Waals surface area contributed by atoms with Gasteiger partial charge in [-0.05, 0) is 12.1 Å².